The third-order valence-corrected chi connectivity index (χ3v) is 5.39. The zero-order valence-corrected chi connectivity index (χ0v) is 16.2. The number of pyridine rings is 1. The molecule has 30 heavy (non-hydrogen) atoms. The summed E-state index contributed by atoms with van der Waals surface area (Å²) in [7, 11) is 0. The molecule has 1 amide bonds. The van der Waals surface area contributed by atoms with Crippen LogP contribution in [0.25, 0.3) is 10.9 Å². The van der Waals surface area contributed by atoms with E-state index in [1.54, 1.807) is 10.6 Å². The summed E-state index contributed by atoms with van der Waals surface area (Å²) < 4.78 is 15.0. The molecular formula is C22H19FN6O. The highest BCUT2D eigenvalue weighted by Gasteiger charge is 2.24. The van der Waals surface area contributed by atoms with E-state index in [0.29, 0.717) is 18.2 Å². The Bertz CT molecular complexity index is 1190. The fraction of sp³-hybridized carbons (Fsp3) is 0.273. The number of halogens is 1. The minimum atomic E-state index is -0.544. The van der Waals surface area contributed by atoms with Crippen molar-refractivity contribution in [2.45, 2.75) is 18.9 Å². The summed E-state index contributed by atoms with van der Waals surface area (Å²) in [5.74, 6) is -0.647. The number of likely N-dealkylation sites (tertiary alicyclic amines) is 1. The Labute approximate surface area is 173 Å². The standard InChI is InChI=1S/C22H19FN6O/c23-18-11-19(13-26-12-18)27-22(30)21-10-17-9-15(1-2-20(17)29(21)8-5-25)16-3-6-28(14-16)7-4-24/h1-2,9-13,16H,3,6-8,14H2,(H,27,30). The topological polar surface area (TPSA) is 97.7 Å². The molecule has 3 aromatic rings. The number of benzene rings is 1. The van der Waals surface area contributed by atoms with Gasteiger partial charge in [-0.05, 0) is 42.6 Å². The molecule has 7 nitrogen and oxygen atoms in total. The SMILES string of the molecule is N#CCN1CCC(c2ccc3c(c2)cc(C(=O)Nc2cncc(F)c2)n3CC#N)C1. The highest BCUT2D eigenvalue weighted by Crippen LogP contribution is 2.31. The third-order valence-electron chi connectivity index (χ3n) is 5.39. The summed E-state index contributed by atoms with van der Waals surface area (Å²) in [5, 5.41) is 21.6. The second-order valence-corrected chi connectivity index (χ2v) is 7.32. The average Bonchev–Trinajstić information content (AvgIpc) is 3.33. The number of hydrogen-bond acceptors (Lipinski definition) is 5. The van der Waals surface area contributed by atoms with Gasteiger partial charge in [-0.3, -0.25) is 14.7 Å². The summed E-state index contributed by atoms with van der Waals surface area (Å²) in [5.41, 5.74) is 2.51. The lowest BCUT2D eigenvalue weighted by Crippen LogP contribution is -2.20. The van der Waals surface area contributed by atoms with Gasteiger partial charge in [0.05, 0.1) is 36.8 Å². The molecule has 1 atom stereocenters. The molecule has 8 heteroatoms. The van der Waals surface area contributed by atoms with E-state index in [1.807, 2.05) is 18.2 Å². The molecule has 0 aliphatic carbocycles. The van der Waals surface area contributed by atoms with Crippen molar-refractivity contribution in [1.29, 1.82) is 10.5 Å². The summed E-state index contributed by atoms with van der Waals surface area (Å²) in [6, 6.07) is 13.2. The van der Waals surface area contributed by atoms with Crippen molar-refractivity contribution in [3.63, 3.8) is 0 Å². The van der Waals surface area contributed by atoms with E-state index in [-0.39, 0.29) is 12.2 Å². The van der Waals surface area contributed by atoms with E-state index in [2.05, 4.69) is 27.3 Å². The first-order valence-corrected chi connectivity index (χ1v) is 9.60. The molecule has 1 aliphatic rings. The third kappa shape index (κ3) is 3.86. The van der Waals surface area contributed by atoms with Crippen LogP contribution >= 0.6 is 0 Å². The van der Waals surface area contributed by atoms with Crippen molar-refractivity contribution in [1.82, 2.24) is 14.5 Å². The van der Waals surface area contributed by atoms with Crippen LogP contribution in [-0.2, 0) is 6.54 Å². The Hall–Kier alpha value is -3.75. The van der Waals surface area contributed by atoms with Crippen LogP contribution in [0, 0.1) is 28.5 Å². The van der Waals surface area contributed by atoms with Gasteiger partial charge < -0.3 is 9.88 Å². The predicted octanol–water partition coefficient (Wildman–Crippen LogP) is 3.26. The summed E-state index contributed by atoms with van der Waals surface area (Å²) in [4.78, 5) is 18.7. The van der Waals surface area contributed by atoms with Crippen molar-refractivity contribution < 1.29 is 9.18 Å². The average molecular weight is 402 g/mol. The van der Waals surface area contributed by atoms with Crippen LogP contribution < -0.4 is 5.32 Å². The van der Waals surface area contributed by atoms with Gasteiger partial charge in [0.2, 0.25) is 0 Å². The monoisotopic (exact) mass is 402 g/mol. The Balaban J connectivity index is 1.65. The summed E-state index contributed by atoms with van der Waals surface area (Å²) in [6.07, 6.45) is 3.40. The Morgan fingerprint density at radius 2 is 2.03 bits per heavy atom. The molecule has 1 saturated heterocycles. The van der Waals surface area contributed by atoms with Crippen molar-refractivity contribution >= 4 is 22.5 Å². The number of hydrogen-bond donors (Lipinski definition) is 1. The fourth-order valence-corrected chi connectivity index (χ4v) is 4.00. The number of nitriles is 2. The molecule has 4 rings (SSSR count). The normalized spacial score (nSPS) is 16.3. The zero-order chi connectivity index (χ0) is 21.1. The molecule has 2 aromatic heterocycles. The van der Waals surface area contributed by atoms with Crippen LogP contribution in [0.15, 0.2) is 42.7 Å². The number of anilines is 1. The van der Waals surface area contributed by atoms with E-state index < -0.39 is 11.7 Å². The molecule has 1 fully saturated rings. The maximum Gasteiger partial charge on any atom is 0.272 e. The van der Waals surface area contributed by atoms with Gasteiger partial charge in [-0.1, -0.05) is 6.07 Å². The number of rotatable bonds is 5. The first kappa shape index (κ1) is 19.6. The number of fused-ring (bicyclic) bond motifs is 1. The van der Waals surface area contributed by atoms with Gasteiger partial charge in [0.15, 0.2) is 0 Å². The molecule has 150 valence electrons. The van der Waals surface area contributed by atoms with Crippen molar-refractivity contribution in [3.8, 4) is 12.1 Å². The Morgan fingerprint density at radius 3 is 2.80 bits per heavy atom. The van der Waals surface area contributed by atoms with Gasteiger partial charge in [0.1, 0.15) is 18.1 Å². The first-order valence-electron chi connectivity index (χ1n) is 9.60. The van der Waals surface area contributed by atoms with E-state index in [4.69, 9.17) is 5.26 Å². The minimum Gasteiger partial charge on any atom is -0.322 e. The summed E-state index contributed by atoms with van der Waals surface area (Å²) in [6.45, 7) is 2.17. The molecule has 1 N–H and O–H groups in total. The van der Waals surface area contributed by atoms with Crippen LogP contribution in [0.1, 0.15) is 28.4 Å². The van der Waals surface area contributed by atoms with Crippen LogP contribution in [0.5, 0.6) is 0 Å². The van der Waals surface area contributed by atoms with Crippen LogP contribution in [0.4, 0.5) is 10.1 Å². The molecule has 0 spiro atoms. The number of nitrogens with zero attached hydrogens (tertiary/aromatic N) is 5. The lowest BCUT2D eigenvalue weighted by Gasteiger charge is -2.13. The molecule has 1 aliphatic heterocycles. The maximum atomic E-state index is 13.4. The van der Waals surface area contributed by atoms with Gasteiger partial charge in [0, 0.05) is 23.5 Å². The van der Waals surface area contributed by atoms with Gasteiger partial charge in [-0.15, -0.1) is 0 Å². The lowest BCUT2D eigenvalue weighted by atomic mass is 9.97. The Kier molecular flexibility index (Phi) is 5.42. The van der Waals surface area contributed by atoms with Gasteiger partial charge in [-0.25, -0.2) is 4.39 Å². The first-order chi connectivity index (χ1) is 14.6. The van der Waals surface area contributed by atoms with E-state index in [0.717, 1.165) is 42.2 Å². The Morgan fingerprint density at radius 1 is 1.20 bits per heavy atom. The van der Waals surface area contributed by atoms with Gasteiger partial charge in [0.25, 0.3) is 5.91 Å². The number of carbonyl (C=O) groups is 1. The number of nitrogens with one attached hydrogen (secondary N) is 1. The highest BCUT2D eigenvalue weighted by molar-refractivity contribution is 6.06. The minimum absolute atomic E-state index is 0.0202. The smallest absolute Gasteiger partial charge is 0.272 e. The van der Waals surface area contributed by atoms with E-state index >= 15 is 0 Å². The second kappa shape index (κ2) is 8.32. The number of amides is 1. The predicted molar refractivity (Wildman–Crippen MR) is 109 cm³/mol. The maximum absolute atomic E-state index is 13.4. The van der Waals surface area contributed by atoms with Gasteiger partial charge in [-0.2, -0.15) is 10.5 Å². The van der Waals surface area contributed by atoms with E-state index in [9.17, 15) is 14.4 Å². The summed E-state index contributed by atoms with van der Waals surface area (Å²) >= 11 is 0. The van der Waals surface area contributed by atoms with Crippen LogP contribution in [-0.4, -0.2) is 40.0 Å². The molecule has 0 saturated carbocycles. The molecule has 0 radical (unpaired) electrons. The molecule has 0 bridgehead atoms. The number of carbonyl (C=O) groups excluding carboxylic acids is 1. The van der Waals surface area contributed by atoms with Gasteiger partial charge >= 0.3 is 0 Å². The van der Waals surface area contributed by atoms with E-state index in [1.165, 1.54) is 12.3 Å². The van der Waals surface area contributed by atoms with Crippen molar-refractivity contribution in [2.75, 3.05) is 25.0 Å². The van der Waals surface area contributed by atoms with Crippen LogP contribution in [0.3, 0.4) is 0 Å². The van der Waals surface area contributed by atoms with Crippen molar-refractivity contribution in [3.05, 3.63) is 59.8 Å². The quantitative estimate of drug-likeness (QED) is 0.661. The molecule has 1 unspecified atom stereocenters. The highest BCUT2D eigenvalue weighted by atomic mass is 19.1. The lowest BCUT2D eigenvalue weighted by molar-refractivity contribution is 0.101. The second-order valence-electron chi connectivity index (χ2n) is 7.32. The molecule has 1 aromatic carbocycles. The molecular weight excluding hydrogens is 383 g/mol. The fourth-order valence-electron chi connectivity index (χ4n) is 4.00. The molecule has 3 heterocycles. The van der Waals surface area contributed by atoms with Crippen molar-refractivity contribution in [2.24, 2.45) is 0 Å². The zero-order valence-electron chi connectivity index (χ0n) is 16.2. The largest absolute Gasteiger partial charge is 0.322 e. The number of aromatic nitrogens is 2. The van der Waals surface area contributed by atoms with Crippen LogP contribution in [0.2, 0.25) is 0 Å².